The number of nitrogens with zero attached hydrogens (tertiary/aromatic N) is 1. The minimum absolute atomic E-state index is 0.137. The molecule has 1 amide bonds. The average molecular weight is 311 g/mol. The topological polar surface area (TPSA) is 37.4 Å². The first-order chi connectivity index (χ1) is 7.15. The Hall–Kier alpha value is -1.35. The van der Waals surface area contributed by atoms with E-state index >= 15 is 0 Å². The summed E-state index contributed by atoms with van der Waals surface area (Å²) in [6.45, 7) is 0.137. The van der Waals surface area contributed by atoms with E-state index in [1.54, 1.807) is 12.1 Å². The minimum atomic E-state index is -0.537. The second kappa shape index (κ2) is 3.66. The summed E-state index contributed by atoms with van der Waals surface area (Å²) in [6, 6.07) is 5.29. The van der Waals surface area contributed by atoms with Crippen molar-refractivity contribution < 1.29 is 9.59 Å². The first-order valence-corrected chi connectivity index (χ1v) is 5.32. The largest absolute Gasteiger partial charge is 0.300 e. The molecule has 1 aromatic rings. The molecule has 3 nitrogen and oxygen atoms in total. The van der Waals surface area contributed by atoms with Crippen molar-refractivity contribution in [3.8, 4) is 12.3 Å². The number of rotatable bonds is 1. The summed E-state index contributed by atoms with van der Waals surface area (Å²) in [5.41, 5.74) is 1.06. The van der Waals surface area contributed by atoms with Gasteiger partial charge in [0.05, 0.1) is 17.8 Å². The zero-order valence-electron chi connectivity index (χ0n) is 7.66. The van der Waals surface area contributed by atoms with Gasteiger partial charge < -0.3 is 0 Å². The Kier molecular flexibility index (Phi) is 2.49. The first kappa shape index (κ1) is 10.2. The van der Waals surface area contributed by atoms with Gasteiger partial charge in [0.2, 0.25) is 0 Å². The minimum Gasteiger partial charge on any atom is -0.293 e. The number of terminal acetylenes is 1. The molecule has 1 aliphatic heterocycles. The van der Waals surface area contributed by atoms with Crippen LogP contribution in [0.3, 0.4) is 0 Å². The molecule has 0 spiro atoms. The lowest BCUT2D eigenvalue weighted by atomic mass is 10.1. The molecule has 0 atom stereocenters. The Morgan fingerprint density at radius 2 is 2.13 bits per heavy atom. The van der Waals surface area contributed by atoms with Gasteiger partial charge in [0.15, 0.2) is 0 Å². The highest BCUT2D eigenvalue weighted by Gasteiger charge is 2.35. The number of anilines is 1. The van der Waals surface area contributed by atoms with E-state index in [2.05, 4.69) is 28.5 Å². The molecule has 0 radical (unpaired) electrons. The number of ketones is 1. The first-order valence-electron chi connectivity index (χ1n) is 4.24. The molecule has 74 valence electrons. The molecule has 0 bridgehead atoms. The molecule has 0 aliphatic carbocycles. The normalized spacial score (nSPS) is 14.0. The van der Waals surface area contributed by atoms with Gasteiger partial charge in [-0.2, -0.15) is 0 Å². The number of halogens is 1. The van der Waals surface area contributed by atoms with Crippen molar-refractivity contribution in [2.45, 2.75) is 0 Å². The van der Waals surface area contributed by atoms with Gasteiger partial charge >= 0.3 is 0 Å². The summed E-state index contributed by atoms with van der Waals surface area (Å²) in [5, 5.41) is 0. The molecule has 0 fully saturated rings. The third kappa shape index (κ3) is 1.53. The van der Waals surface area contributed by atoms with Crippen molar-refractivity contribution >= 4 is 40.0 Å². The van der Waals surface area contributed by atoms with Crippen LogP contribution in [-0.2, 0) is 4.79 Å². The Morgan fingerprint density at radius 1 is 1.40 bits per heavy atom. The quantitative estimate of drug-likeness (QED) is 0.447. The van der Waals surface area contributed by atoms with Crippen LogP contribution in [0.2, 0.25) is 0 Å². The third-order valence-corrected chi connectivity index (χ3v) is 2.85. The van der Waals surface area contributed by atoms with E-state index in [-0.39, 0.29) is 6.54 Å². The van der Waals surface area contributed by atoms with Crippen LogP contribution in [-0.4, -0.2) is 18.2 Å². The lowest BCUT2D eigenvalue weighted by molar-refractivity contribution is -0.114. The van der Waals surface area contributed by atoms with Crippen molar-refractivity contribution in [1.82, 2.24) is 0 Å². The molecular weight excluding hydrogens is 305 g/mol. The summed E-state index contributed by atoms with van der Waals surface area (Å²) in [7, 11) is 0. The Bertz CT molecular complexity index is 502. The van der Waals surface area contributed by atoms with Gasteiger partial charge in [0, 0.05) is 3.57 Å². The second-order valence-electron chi connectivity index (χ2n) is 3.09. The fourth-order valence-corrected chi connectivity index (χ4v) is 2.01. The standard InChI is InChI=1S/C11H6INO2/c1-2-5-13-9-4-3-7(12)6-8(9)10(14)11(13)15/h1,3-4,6H,5H2. The van der Waals surface area contributed by atoms with Crippen molar-refractivity contribution in [2.24, 2.45) is 0 Å². The SMILES string of the molecule is C#CCN1C(=O)C(=O)c2cc(I)ccc21. The van der Waals surface area contributed by atoms with Crippen molar-refractivity contribution in [3.05, 3.63) is 27.3 Å². The van der Waals surface area contributed by atoms with Gasteiger partial charge in [-0.1, -0.05) is 5.92 Å². The van der Waals surface area contributed by atoms with Gasteiger partial charge in [0.1, 0.15) is 0 Å². The predicted octanol–water partition coefficient (Wildman–Crippen LogP) is 1.45. The highest BCUT2D eigenvalue weighted by molar-refractivity contribution is 14.1. The van der Waals surface area contributed by atoms with Crippen molar-refractivity contribution in [1.29, 1.82) is 0 Å². The molecule has 0 saturated heterocycles. The van der Waals surface area contributed by atoms with E-state index < -0.39 is 11.7 Å². The van der Waals surface area contributed by atoms with Gasteiger partial charge in [0.25, 0.3) is 11.7 Å². The van der Waals surface area contributed by atoms with E-state index in [9.17, 15) is 9.59 Å². The van der Waals surface area contributed by atoms with Gasteiger partial charge in [-0.25, -0.2) is 0 Å². The number of hydrogen-bond acceptors (Lipinski definition) is 2. The zero-order valence-corrected chi connectivity index (χ0v) is 9.82. The number of fused-ring (bicyclic) bond motifs is 1. The van der Waals surface area contributed by atoms with Crippen LogP contribution >= 0.6 is 22.6 Å². The average Bonchev–Trinajstić information content (AvgIpc) is 2.44. The summed E-state index contributed by atoms with van der Waals surface area (Å²) >= 11 is 2.10. The van der Waals surface area contributed by atoms with Crippen molar-refractivity contribution in [2.75, 3.05) is 11.4 Å². The molecule has 2 rings (SSSR count). The summed E-state index contributed by atoms with van der Waals surface area (Å²) in [6.07, 6.45) is 5.15. The number of carbonyl (C=O) groups excluding carboxylic acids is 2. The van der Waals surface area contributed by atoms with Crippen LogP contribution in [0.4, 0.5) is 5.69 Å². The molecule has 15 heavy (non-hydrogen) atoms. The number of benzene rings is 1. The number of hydrogen-bond donors (Lipinski definition) is 0. The smallest absolute Gasteiger partial charge is 0.293 e. The van der Waals surface area contributed by atoms with E-state index in [1.807, 2.05) is 6.07 Å². The molecule has 4 heteroatoms. The molecule has 1 aromatic carbocycles. The third-order valence-electron chi connectivity index (χ3n) is 2.18. The lowest BCUT2D eigenvalue weighted by Crippen LogP contribution is -2.29. The summed E-state index contributed by atoms with van der Waals surface area (Å²) < 4.78 is 0.926. The maximum Gasteiger partial charge on any atom is 0.300 e. The predicted molar refractivity (Wildman–Crippen MR) is 64.7 cm³/mol. The van der Waals surface area contributed by atoms with Crippen LogP contribution in [0.1, 0.15) is 10.4 Å². The molecule has 0 saturated carbocycles. The molecule has 1 aliphatic rings. The molecule has 0 aromatic heterocycles. The molecule has 0 unspecified atom stereocenters. The Morgan fingerprint density at radius 3 is 2.80 bits per heavy atom. The fraction of sp³-hybridized carbons (Fsp3) is 0.0909. The second-order valence-corrected chi connectivity index (χ2v) is 4.33. The monoisotopic (exact) mass is 311 g/mol. The summed E-state index contributed by atoms with van der Waals surface area (Å²) in [4.78, 5) is 24.4. The van der Waals surface area contributed by atoms with Crippen molar-refractivity contribution in [3.63, 3.8) is 0 Å². The van der Waals surface area contributed by atoms with Gasteiger partial charge in [-0.05, 0) is 40.8 Å². The Labute approximate surface area is 101 Å². The zero-order chi connectivity index (χ0) is 11.0. The van der Waals surface area contributed by atoms with Crippen LogP contribution in [0, 0.1) is 15.9 Å². The highest BCUT2D eigenvalue weighted by atomic mass is 127. The van der Waals surface area contributed by atoms with Crippen LogP contribution < -0.4 is 4.90 Å². The number of Topliss-reactive ketones (excluding diaryl/α,β-unsaturated/α-hetero) is 1. The number of carbonyl (C=O) groups is 2. The van der Waals surface area contributed by atoms with Gasteiger partial charge in [-0.15, -0.1) is 6.42 Å². The van der Waals surface area contributed by atoms with E-state index in [0.29, 0.717) is 11.3 Å². The summed E-state index contributed by atoms with van der Waals surface area (Å²) in [5.74, 6) is 1.36. The van der Waals surface area contributed by atoms with Gasteiger partial charge in [-0.3, -0.25) is 14.5 Å². The molecule has 0 N–H and O–H groups in total. The Balaban J connectivity index is 2.56. The van der Waals surface area contributed by atoms with Crippen LogP contribution in [0.5, 0.6) is 0 Å². The van der Waals surface area contributed by atoms with E-state index in [0.717, 1.165) is 3.57 Å². The maximum atomic E-state index is 11.6. The molecular formula is C11H6INO2. The lowest BCUT2D eigenvalue weighted by Gasteiger charge is -2.12. The van der Waals surface area contributed by atoms with Crippen LogP contribution in [0.15, 0.2) is 18.2 Å². The van der Waals surface area contributed by atoms with E-state index in [4.69, 9.17) is 6.42 Å². The van der Waals surface area contributed by atoms with E-state index in [1.165, 1.54) is 4.90 Å². The number of amides is 1. The fourth-order valence-electron chi connectivity index (χ4n) is 1.52. The maximum absolute atomic E-state index is 11.6. The van der Waals surface area contributed by atoms with Crippen LogP contribution in [0.25, 0.3) is 0 Å². The molecule has 1 heterocycles. The highest BCUT2D eigenvalue weighted by Crippen LogP contribution is 2.29.